The summed E-state index contributed by atoms with van der Waals surface area (Å²) in [5, 5.41) is 3.05. The highest BCUT2D eigenvalue weighted by Crippen LogP contribution is 2.22. The van der Waals surface area contributed by atoms with E-state index in [1.165, 1.54) is 6.07 Å². The van der Waals surface area contributed by atoms with Crippen molar-refractivity contribution in [2.24, 2.45) is 0 Å². The van der Waals surface area contributed by atoms with Crippen LogP contribution in [0.15, 0.2) is 22.7 Å². The fourth-order valence-electron chi connectivity index (χ4n) is 1.42. The second-order valence-corrected chi connectivity index (χ2v) is 4.24. The standard InChI is InChI=1S/C10H14BrFN2/c1-13-10(14(2)3)8-6-7(11)4-5-9(8)12/h4-6,10,13H,1-3H3. The van der Waals surface area contributed by atoms with Gasteiger partial charge in [0.25, 0.3) is 0 Å². The second kappa shape index (κ2) is 4.87. The zero-order valence-corrected chi connectivity index (χ0v) is 10.1. The lowest BCUT2D eigenvalue weighted by Crippen LogP contribution is -2.31. The Balaban J connectivity index is 3.08. The van der Waals surface area contributed by atoms with Gasteiger partial charge in [0.2, 0.25) is 0 Å². The summed E-state index contributed by atoms with van der Waals surface area (Å²) >= 11 is 3.33. The Labute approximate surface area is 92.2 Å². The summed E-state index contributed by atoms with van der Waals surface area (Å²) in [5.41, 5.74) is 0.645. The molecule has 0 spiro atoms. The maximum absolute atomic E-state index is 13.5. The Bertz CT molecular complexity index is 315. The van der Waals surface area contributed by atoms with Gasteiger partial charge in [0, 0.05) is 10.0 Å². The Morgan fingerprint density at radius 2 is 2.07 bits per heavy atom. The quantitative estimate of drug-likeness (QED) is 0.840. The summed E-state index contributed by atoms with van der Waals surface area (Å²) in [7, 11) is 5.62. The summed E-state index contributed by atoms with van der Waals surface area (Å²) in [4.78, 5) is 1.92. The fraction of sp³-hybridized carbons (Fsp3) is 0.400. The third-order valence-corrected chi connectivity index (χ3v) is 2.54. The molecule has 0 aliphatic rings. The molecule has 0 fully saturated rings. The molecule has 0 saturated carbocycles. The van der Waals surface area contributed by atoms with Gasteiger partial charge in [-0.25, -0.2) is 4.39 Å². The van der Waals surface area contributed by atoms with Crippen molar-refractivity contribution in [1.82, 2.24) is 10.2 Å². The van der Waals surface area contributed by atoms with E-state index in [2.05, 4.69) is 21.2 Å². The van der Waals surface area contributed by atoms with E-state index < -0.39 is 0 Å². The van der Waals surface area contributed by atoms with Crippen LogP contribution in [0.4, 0.5) is 4.39 Å². The topological polar surface area (TPSA) is 15.3 Å². The zero-order chi connectivity index (χ0) is 10.7. The van der Waals surface area contributed by atoms with Gasteiger partial charge in [0.05, 0.1) is 6.17 Å². The average Bonchev–Trinajstić information content (AvgIpc) is 2.11. The molecule has 0 bridgehead atoms. The summed E-state index contributed by atoms with van der Waals surface area (Å²) in [6.07, 6.45) is -0.104. The number of hydrogen-bond donors (Lipinski definition) is 1. The maximum atomic E-state index is 13.5. The smallest absolute Gasteiger partial charge is 0.129 e. The zero-order valence-electron chi connectivity index (χ0n) is 8.51. The van der Waals surface area contributed by atoms with Crippen molar-refractivity contribution >= 4 is 15.9 Å². The largest absolute Gasteiger partial charge is 0.301 e. The number of halogens is 2. The van der Waals surface area contributed by atoms with Crippen molar-refractivity contribution < 1.29 is 4.39 Å². The van der Waals surface area contributed by atoms with Crippen molar-refractivity contribution in [3.63, 3.8) is 0 Å². The van der Waals surface area contributed by atoms with Gasteiger partial charge in [-0.2, -0.15) is 0 Å². The Morgan fingerprint density at radius 1 is 1.43 bits per heavy atom. The third-order valence-electron chi connectivity index (χ3n) is 2.04. The van der Waals surface area contributed by atoms with Crippen molar-refractivity contribution in [1.29, 1.82) is 0 Å². The molecule has 0 amide bonds. The number of rotatable bonds is 3. The Hall–Kier alpha value is -0.450. The number of benzene rings is 1. The monoisotopic (exact) mass is 260 g/mol. The first-order valence-electron chi connectivity index (χ1n) is 4.35. The number of hydrogen-bond acceptors (Lipinski definition) is 2. The lowest BCUT2D eigenvalue weighted by molar-refractivity contribution is 0.258. The molecule has 0 saturated heterocycles. The van der Waals surface area contributed by atoms with E-state index in [-0.39, 0.29) is 12.0 Å². The van der Waals surface area contributed by atoms with Crippen molar-refractivity contribution in [3.05, 3.63) is 34.1 Å². The predicted octanol–water partition coefficient (Wildman–Crippen LogP) is 2.37. The molecular formula is C10H14BrFN2. The first kappa shape index (κ1) is 11.6. The molecule has 1 unspecified atom stereocenters. The lowest BCUT2D eigenvalue weighted by atomic mass is 10.1. The second-order valence-electron chi connectivity index (χ2n) is 3.32. The molecule has 1 atom stereocenters. The van der Waals surface area contributed by atoms with E-state index in [9.17, 15) is 4.39 Å². The van der Waals surface area contributed by atoms with Gasteiger partial charge in [-0.05, 0) is 39.3 Å². The molecule has 4 heteroatoms. The van der Waals surface area contributed by atoms with E-state index in [1.807, 2.05) is 26.0 Å². The van der Waals surface area contributed by atoms with Gasteiger partial charge in [0.15, 0.2) is 0 Å². The molecule has 14 heavy (non-hydrogen) atoms. The first-order valence-corrected chi connectivity index (χ1v) is 5.14. The molecule has 0 aliphatic carbocycles. The highest BCUT2D eigenvalue weighted by Gasteiger charge is 2.15. The van der Waals surface area contributed by atoms with E-state index in [0.29, 0.717) is 5.56 Å². The highest BCUT2D eigenvalue weighted by molar-refractivity contribution is 9.10. The van der Waals surface area contributed by atoms with Crippen LogP contribution in [0.1, 0.15) is 11.7 Å². The summed E-state index contributed by atoms with van der Waals surface area (Å²) in [5.74, 6) is -0.193. The maximum Gasteiger partial charge on any atom is 0.129 e. The van der Waals surface area contributed by atoms with Gasteiger partial charge in [0.1, 0.15) is 5.82 Å². The summed E-state index contributed by atoms with van der Waals surface area (Å²) in [6.45, 7) is 0. The minimum absolute atomic E-state index is 0.104. The molecule has 0 aliphatic heterocycles. The lowest BCUT2D eigenvalue weighted by Gasteiger charge is -2.24. The number of nitrogens with zero attached hydrogens (tertiary/aromatic N) is 1. The van der Waals surface area contributed by atoms with E-state index in [4.69, 9.17) is 0 Å². The Kier molecular flexibility index (Phi) is 4.04. The van der Waals surface area contributed by atoms with Crippen LogP contribution < -0.4 is 5.32 Å². The molecule has 1 N–H and O–H groups in total. The molecule has 1 rings (SSSR count). The third kappa shape index (κ3) is 2.53. The van der Waals surface area contributed by atoms with Crippen LogP contribution in [-0.2, 0) is 0 Å². The van der Waals surface area contributed by atoms with Crippen LogP contribution in [0.2, 0.25) is 0 Å². The average molecular weight is 261 g/mol. The minimum atomic E-state index is -0.193. The number of nitrogens with one attached hydrogen (secondary N) is 1. The fourth-order valence-corrected chi connectivity index (χ4v) is 1.79. The van der Waals surface area contributed by atoms with Crippen LogP contribution in [0.5, 0.6) is 0 Å². The normalized spacial score (nSPS) is 13.3. The molecule has 1 aromatic rings. The SMILES string of the molecule is CNC(c1cc(Br)ccc1F)N(C)C. The summed E-state index contributed by atoms with van der Waals surface area (Å²) in [6, 6.07) is 4.95. The molecule has 1 aromatic carbocycles. The predicted molar refractivity (Wildman–Crippen MR) is 59.6 cm³/mol. The van der Waals surface area contributed by atoms with Crippen LogP contribution in [0.25, 0.3) is 0 Å². The van der Waals surface area contributed by atoms with Crippen LogP contribution in [-0.4, -0.2) is 26.0 Å². The minimum Gasteiger partial charge on any atom is -0.301 e. The molecule has 0 heterocycles. The molecular weight excluding hydrogens is 247 g/mol. The van der Waals surface area contributed by atoms with Crippen LogP contribution in [0.3, 0.4) is 0 Å². The van der Waals surface area contributed by atoms with Gasteiger partial charge in [-0.1, -0.05) is 15.9 Å². The van der Waals surface area contributed by atoms with Gasteiger partial charge < -0.3 is 5.32 Å². The molecule has 2 nitrogen and oxygen atoms in total. The summed E-state index contributed by atoms with van der Waals surface area (Å²) < 4.78 is 14.4. The van der Waals surface area contributed by atoms with E-state index in [1.54, 1.807) is 12.1 Å². The van der Waals surface area contributed by atoms with Crippen molar-refractivity contribution in [2.45, 2.75) is 6.17 Å². The van der Waals surface area contributed by atoms with E-state index in [0.717, 1.165) is 4.47 Å². The van der Waals surface area contributed by atoms with Gasteiger partial charge >= 0.3 is 0 Å². The van der Waals surface area contributed by atoms with Crippen LogP contribution >= 0.6 is 15.9 Å². The highest BCUT2D eigenvalue weighted by atomic mass is 79.9. The Morgan fingerprint density at radius 3 is 2.57 bits per heavy atom. The van der Waals surface area contributed by atoms with Gasteiger partial charge in [-0.3, -0.25) is 4.90 Å². The molecule has 0 radical (unpaired) electrons. The molecule has 78 valence electrons. The van der Waals surface area contributed by atoms with E-state index >= 15 is 0 Å². The van der Waals surface area contributed by atoms with Crippen LogP contribution in [0, 0.1) is 5.82 Å². The molecule has 0 aromatic heterocycles. The van der Waals surface area contributed by atoms with Crippen molar-refractivity contribution in [2.75, 3.05) is 21.1 Å². The first-order chi connectivity index (χ1) is 6.56. The van der Waals surface area contributed by atoms with Gasteiger partial charge in [-0.15, -0.1) is 0 Å². The van der Waals surface area contributed by atoms with Crippen molar-refractivity contribution in [3.8, 4) is 0 Å².